The molecule has 0 atom stereocenters. The number of fused-ring (bicyclic) bond motifs is 7. The normalized spacial score (nSPS) is 13.7. The molecule has 6 aromatic carbocycles. The molecule has 1 aliphatic heterocycles. The van der Waals surface area contributed by atoms with Crippen LogP contribution in [0, 0.1) is 6.92 Å². The third kappa shape index (κ3) is 2.53. The van der Waals surface area contributed by atoms with Crippen LogP contribution in [0.1, 0.15) is 5.56 Å². The quantitative estimate of drug-likeness (QED) is 0.299. The Bertz CT molecular complexity index is 1630. The molecule has 0 aromatic heterocycles. The number of aryl methyl sites for hydroxylation is 1. The molecule has 0 unspecified atom stereocenters. The average Bonchev–Trinajstić information content (AvgIpc) is 3.21. The van der Waals surface area contributed by atoms with Gasteiger partial charge < -0.3 is 0 Å². The second-order valence-corrected chi connectivity index (χ2v) is 13.1. The Morgan fingerprint density at radius 1 is 0.441 bits per heavy atom. The van der Waals surface area contributed by atoms with E-state index >= 15 is 0 Å². The predicted molar refractivity (Wildman–Crippen MR) is 149 cm³/mol. The second-order valence-electron chi connectivity index (χ2n) is 9.40. The van der Waals surface area contributed by atoms with Crippen molar-refractivity contribution in [2.75, 3.05) is 0 Å². The van der Waals surface area contributed by atoms with Gasteiger partial charge in [0.25, 0.3) is 0 Å². The number of rotatable bonds is 2. The van der Waals surface area contributed by atoms with E-state index in [0.717, 1.165) is 0 Å². The predicted octanol–water partition coefficient (Wildman–Crippen LogP) is 5.66. The summed E-state index contributed by atoms with van der Waals surface area (Å²) in [6.45, 7) is 2.22. The zero-order valence-electron chi connectivity index (χ0n) is 19.1. The smallest absolute Gasteiger partial charge is 0.0623 e. The summed E-state index contributed by atoms with van der Waals surface area (Å²) in [5.41, 5.74) is 4.18. The third-order valence-electron chi connectivity index (χ3n) is 7.57. The van der Waals surface area contributed by atoms with Crippen LogP contribution in [0.2, 0.25) is 0 Å². The van der Waals surface area contributed by atoms with E-state index in [1.807, 2.05) is 0 Å². The first-order chi connectivity index (χ1) is 16.8. The summed E-state index contributed by atoms with van der Waals surface area (Å²) in [7, 11) is -2.49. The van der Waals surface area contributed by atoms with Gasteiger partial charge in [0.15, 0.2) is 8.07 Å². The summed E-state index contributed by atoms with van der Waals surface area (Å²) in [5.74, 6) is 0. The van der Waals surface area contributed by atoms with Crippen molar-refractivity contribution in [2.45, 2.75) is 6.92 Å². The average molecular weight is 449 g/mol. The fourth-order valence-electron chi connectivity index (χ4n) is 6.21. The molecule has 0 spiro atoms. The summed E-state index contributed by atoms with van der Waals surface area (Å²) in [4.78, 5) is 0. The molecule has 0 radical (unpaired) electrons. The monoisotopic (exact) mass is 448 g/mol. The van der Waals surface area contributed by atoms with Gasteiger partial charge in [0.2, 0.25) is 0 Å². The van der Waals surface area contributed by atoms with Crippen molar-refractivity contribution in [3.05, 3.63) is 133 Å². The molecule has 0 saturated heterocycles. The van der Waals surface area contributed by atoms with Crippen LogP contribution in [0.15, 0.2) is 127 Å². The lowest BCUT2D eigenvalue weighted by atomic mass is 9.94. The molecular formula is C33H24Si. The van der Waals surface area contributed by atoms with E-state index in [0.29, 0.717) is 0 Å². The van der Waals surface area contributed by atoms with Crippen LogP contribution < -0.4 is 20.7 Å². The summed E-state index contributed by atoms with van der Waals surface area (Å²) < 4.78 is 0. The molecule has 0 fully saturated rings. The van der Waals surface area contributed by atoms with E-state index in [1.165, 1.54) is 59.0 Å². The first-order valence-corrected chi connectivity index (χ1v) is 14.0. The van der Waals surface area contributed by atoms with Crippen LogP contribution in [0.5, 0.6) is 0 Å². The largest absolute Gasteiger partial charge is 0.180 e. The number of hydrogen-bond donors (Lipinski definition) is 0. The van der Waals surface area contributed by atoms with Crippen molar-refractivity contribution in [3.8, 4) is 11.1 Å². The van der Waals surface area contributed by atoms with E-state index in [-0.39, 0.29) is 0 Å². The summed E-state index contributed by atoms with van der Waals surface area (Å²) in [6.07, 6.45) is 0. The Labute approximate surface area is 201 Å². The molecule has 0 nitrogen and oxygen atoms in total. The van der Waals surface area contributed by atoms with Crippen molar-refractivity contribution in [1.82, 2.24) is 0 Å². The summed E-state index contributed by atoms with van der Waals surface area (Å²) in [6, 6.07) is 47.9. The van der Waals surface area contributed by atoms with Crippen molar-refractivity contribution in [3.63, 3.8) is 0 Å². The van der Waals surface area contributed by atoms with Gasteiger partial charge >= 0.3 is 0 Å². The van der Waals surface area contributed by atoms with E-state index in [1.54, 1.807) is 0 Å². The molecule has 6 aromatic rings. The van der Waals surface area contributed by atoms with Gasteiger partial charge in [-0.1, -0.05) is 133 Å². The first kappa shape index (κ1) is 19.5. The van der Waals surface area contributed by atoms with E-state index in [2.05, 4.69) is 134 Å². The van der Waals surface area contributed by atoms with Crippen molar-refractivity contribution >= 4 is 50.4 Å². The van der Waals surface area contributed by atoms with Crippen molar-refractivity contribution in [2.24, 2.45) is 0 Å². The van der Waals surface area contributed by atoms with Gasteiger partial charge in [-0.3, -0.25) is 0 Å². The molecule has 0 saturated carbocycles. The highest BCUT2D eigenvalue weighted by Crippen LogP contribution is 2.38. The molecule has 34 heavy (non-hydrogen) atoms. The van der Waals surface area contributed by atoms with E-state index < -0.39 is 8.07 Å². The molecule has 1 heteroatoms. The van der Waals surface area contributed by atoms with Crippen LogP contribution in [-0.2, 0) is 0 Å². The number of benzene rings is 6. The van der Waals surface area contributed by atoms with E-state index in [9.17, 15) is 0 Å². The van der Waals surface area contributed by atoms with Crippen LogP contribution >= 0.6 is 0 Å². The Morgan fingerprint density at radius 3 is 1.56 bits per heavy atom. The maximum Gasteiger partial charge on any atom is 0.180 e. The lowest BCUT2D eigenvalue weighted by Crippen LogP contribution is -2.72. The Balaban J connectivity index is 1.76. The van der Waals surface area contributed by atoms with Gasteiger partial charge in [0.1, 0.15) is 0 Å². The summed E-state index contributed by atoms with van der Waals surface area (Å²) in [5, 5.41) is 11.3. The van der Waals surface area contributed by atoms with Crippen LogP contribution in [0.25, 0.3) is 32.7 Å². The molecular weight excluding hydrogens is 424 g/mol. The first-order valence-electron chi connectivity index (χ1n) is 12.0. The Hall–Kier alpha value is -3.94. The van der Waals surface area contributed by atoms with Crippen LogP contribution in [0.3, 0.4) is 0 Å². The highest BCUT2D eigenvalue weighted by atomic mass is 28.3. The fraction of sp³-hybridized carbons (Fsp3) is 0.0303. The molecule has 1 heterocycles. The van der Waals surface area contributed by atoms with Gasteiger partial charge in [-0.25, -0.2) is 0 Å². The van der Waals surface area contributed by atoms with Crippen LogP contribution in [0.4, 0.5) is 0 Å². The van der Waals surface area contributed by atoms with Gasteiger partial charge in [-0.2, -0.15) is 0 Å². The van der Waals surface area contributed by atoms with Crippen LogP contribution in [-0.4, -0.2) is 8.07 Å². The molecule has 160 valence electrons. The molecule has 0 N–H and O–H groups in total. The van der Waals surface area contributed by atoms with Gasteiger partial charge in [0, 0.05) is 0 Å². The Kier molecular flexibility index (Phi) is 4.18. The highest BCUT2D eigenvalue weighted by molar-refractivity contribution is 7.22. The van der Waals surface area contributed by atoms with Crippen molar-refractivity contribution < 1.29 is 0 Å². The standard InChI is InChI=1S/C33H24Si/c1-23-10-9-15-27(22-23)34(26-13-3-2-4-14-26)30-20-18-24-11-5-7-16-28(24)32(30)33-29-17-8-6-12-25(29)19-21-31(33)34/h2-22H,1H3. The second kappa shape index (κ2) is 7.28. The Morgan fingerprint density at radius 2 is 0.971 bits per heavy atom. The van der Waals surface area contributed by atoms with Gasteiger partial charge in [-0.05, 0) is 60.3 Å². The summed E-state index contributed by atoms with van der Waals surface area (Å²) >= 11 is 0. The molecule has 0 amide bonds. The SMILES string of the molecule is Cc1cccc([Si]2(c3ccccc3)c3ccc4ccccc4c3-c3c2ccc2ccccc32)c1. The lowest BCUT2D eigenvalue weighted by Gasteiger charge is -2.31. The van der Waals surface area contributed by atoms with Gasteiger partial charge in [-0.15, -0.1) is 0 Å². The lowest BCUT2D eigenvalue weighted by molar-refractivity contribution is 1.49. The zero-order chi connectivity index (χ0) is 22.7. The maximum absolute atomic E-state index is 2.49. The molecule has 7 rings (SSSR count). The highest BCUT2D eigenvalue weighted by Gasteiger charge is 2.49. The van der Waals surface area contributed by atoms with E-state index in [4.69, 9.17) is 0 Å². The minimum absolute atomic E-state index is 1.31. The van der Waals surface area contributed by atoms with Crippen molar-refractivity contribution in [1.29, 1.82) is 0 Å². The number of hydrogen-bond acceptors (Lipinski definition) is 0. The fourth-order valence-corrected chi connectivity index (χ4v) is 11.5. The zero-order valence-corrected chi connectivity index (χ0v) is 20.1. The molecule has 0 aliphatic carbocycles. The topological polar surface area (TPSA) is 0 Å². The third-order valence-corrected chi connectivity index (χ3v) is 12.4. The maximum atomic E-state index is 2.44. The molecule has 0 bridgehead atoms. The minimum Gasteiger partial charge on any atom is -0.0623 e. The van der Waals surface area contributed by atoms with Gasteiger partial charge in [0.05, 0.1) is 0 Å². The molecule has 1 aliphatic rings. The minimum atomic E-state index is -2.49.